The number of carbonyl (C=O) groups excluding carboxylic acids is 1. The van der Waals surface area contributed by atoms with Gasteiger partial charge in [-0.1, -0.05) is 0 Å². The van der Waals surface area contributed by atoms with Gasteiger partial charge >= 0.3 is 0 Å². The Morgan fingerprint density at radius 2 is 2.21 bits per heavy atom. The molecule has 1 heterocycles. The standard InChI is InChI=1S/C14H15FN2O2/c1-17-7-3-4-10(17)9-16-14(18)12-6-5-11(19-2)8-13(12)15/h3-8H,9H2,1-2H3,(H,16,18). The van der Waals surface area contributed by atoms with Crippen LogP contribution in [0.4, 0.5) is 4.39 Å². The second kappa shape index (κ2) is 5.56. The van der Waals surface area contributed by atoms with Crippen LogP contribution in [0.15, 0.2) is 36.5 Å². The van der Waals surface area contributed by atoms with Crippen LogP contribution in [0.1, 0.15) is 16.1 Å². The van der Waals surface area contributed by atoms with E-state index in [1.807, 2.05) is 29.9 Å². The molecule has 1 amide bonds. The third-order valence-corrected chi connectivity index (χ3v) is 2.90. The molecule has 1 aromatic heterocycles. The van der Waals surface area contributed by atoms with Crippen molar-refractivity contribution in [3.05, 3.63) is 53.6 Å². The molecule has 0 saturated heterocycles. The molecule has 19 heavy (non-hydrogen) atoms. The minimum atomic E-state index is -0.594. The molecule has 0 saturated carbocycles. The second-order valence-electron chi connectivity index (χ2n) is 4.14. The number of nitrogens with one attached hydrogen (secondary N) is 1. The van der Waals surface area contributed by atoms with Gasteiger partial charge in [0.2, 0.25) is 0 Å². The molecule has 2 rings (SSSR count). The van der Waals surface area contributed by atoms with Crippen molar-refractivity contribution in [2.75, 3.05) is 7.11 Å². The van der Waals surface area contributed by atoms with E-state index in [0.717, 1.165) is 5.69 Å². The number of aromatic nitrogens is 1. The largest absolute Gasteiger partial charge is 0.497 e. The Balaban J connectivity index is 2.06. The molecule has 0 aliphatic heterocycles. The van der Waals surface area contributed by atoms with E-state index in [0.29, 0.717) is 12.3 Å². The Kier molecular flexibility index (Phi) is 3.85. The van der Waals surface area contributed by atoms with Crippen molar-refractivity contribution in [1.29, 1.82) is 0 Å². The minimum absolute atomic E-state index is 0.00927. The molecule has 0 atom stereocenters. The number of ether oxygens (including phenoxy) is 1. The van der Waals surface area contributed by atoms with Crippen LogP contribution in [0.5, 0.6) is 5.75 Å². The molecule has 0 aliphatic carbocycles. The third-order valence-electron chi connectivity index (χ3n) is 2.90. The first-order chi connectivity index (χ1) is 9.11. The number of hydrogen-bond donors (Lipinski definition) is 1. The number of aryl methyl sites for hydroxylation is 1. The molecule has 0 bridgehead atoms. The maximum absolute atomic E-state index is 13.7. The van der Waals surface area contributed by atoms with Gasteiger partial charge in [0, 0.05) is 25.0 Å². The Labute approximate surface area is 110 Å². The smallest absolute Gasteiger partial charge is 0.254 e. The summed E-state index contributed by atoms with van der Waals surface area (Å²) < 4.78 is 20.5. The van der Waals surface area contributed by atoms with Crippen LogP contribution in [0, 0.1) is 5.82 Å². The monoisotopic (exact) mass is 262 g/mol. The molecule has 2 aromatic rings. The van der Waals surface area contributed by atoms with E-state index in [2.05, 4.69) is 5.32 Å². The van der Waals surface area contributed by atoms with E-state index < -0.39 is 11.7 Å². The lowest BCUT2D eigenvalue weighted by atomic mass is 10.2. The summed E-state index contributed by atoms with van der Waals surface area (Å²) in [5.41, 5.74) is 0.956. The van der Waals surface area contributed by atoms with Gasteiger partial charge in [0.15, 0.2) is 0 Å². The lowest BCUT2D eigenvalue weighted by molar-refractivity contribution is 0.0946. The Morgan fingerprint density at radius 3 is 2.79 bits per heavy atom. The van der Waals surface area contributed by atoms with Crippen LogP contribution in [0.25, 0.3) is 0 Å². The lowest BCUT2D eigenvalue weighted by Gasteiger charge is -2.08. The average molecular weight is 262 g/mol. The normalized spacial score (nSPS) is 10.3. The lowest BCUT2D eigenvalue weighted by Crippen LogP contribution is -2.24. The van der Waals surface area contributed by atoms with Gasteiger partial charge in [0.05, 0.1) is 19.2 Å². The summed E-state index contributed by atoms with van der Waals surface area (Å²) in [6, 6.07) is 7.94. The fraction of sp³-hybridized carbons (Fsp3) is 0.214. The highest BCUT2D eigenvalue weighted by atomic mass is 19.1. The van der Waals surface area contributed by atoms with Crippen molar-refractivity contribution in [3.8, 4) is 5.75 Å². The van der Waals surface area contributed by atoms with Crippen LogP contribution in [0.2, 0.25) is 0 Å². The van der Waals surface area contributed by atoms with Crippen LogP contribution in [0.3, 0.4) is 0 Å². The number of carbonyl (C=O) groups is 1. The van der Waals surface area contributed by atoms with Gasteiger partial charge in [0.1, 0.15) is 11.6 Å². The molecule has 5 heteroatoms. The van der Waals surface area contributed by atoms with Crippen molar-refractivity contribution >= 4 is 5.91 Å². The zero-order chi connectivity index (χ0) is 13.8. The minimum Gasteiger partial charge on any atom is -0.497 e. The van der Waals surface area contributed by atoms with Crippen molar-refractivity contribution in [1.82, 2.24) is 9.88 Å². The maximum Gasteiger partial charge on any atom is 0.254 e. The van der Waals surface area contributed by atoms with E-state index >= 15 is 0 Å². The summed E-state index contributed by atoms with van der Waals surface area (Å²) in [6.07, 6.45) is 1.88. The SMILES string of the molecule is COc1ccc(C(=O)NCc2cccn2C)c(F)c1. The molecular formula is C14H15FN2O2. The van der Waals surface area contributed by atoms with E-state index in [-0.39, 0.29) is 5.56 Å². The summed E-state index contributed by atoms with van der Waals surface area (Å²) >= 11 is 0. The second-order valence-corrected chi connectivity index (χ2v) is 4.14. The van der Waals surface area contributed by atoms with Gasteiger partial charge in [-0.2, -0.15) is 0 Å². The quantitative estimate of drug-likeness (QED) is 0.917. The maximum atomic E-state index is 13.7. The average Bonchev–Trinajstić information content (AvgIpc) is 2.81. The number of methoxy groups -OCH3 is 1. The van der Waals surface area contributed by atoms with Crippen molar-refractivity contribution in [2.45, 2.75) is 6.54 Å². The number of benzene rings is 1. The Morgan fingerprint density at radius 1 is 1.42 bits per heavy atom. The van der Waals surface area contributed by atoms with Crippen molar-refractivity contribution in [3.63, 3.8) is 0 Å². The Hall–Kier alpha value is -2.30. The molecule has 0 unspecified atom stereocenters. The molecule has 0 spiro atoms. The molecule has 0 aliphatic rings. The van der Waals surface area contributed by atoms with Crippen LogP contribution in [-0.2, 0) is 13.6 Å². The fourth-order valence-electron chi connectivity index (χ4n) is 1.75. The zero-order valence-corrected chi connectivity index (χ0v) is 10.8. The summed E-state index contributed by atoms with van der Waals surface area (Å²) in [5, 5.41) is 2.68. The highest BCUT2D eigenvalue weighted by Gasteiger charge is 2.12. The first kappa shape index (κ1) is 13.1. The molecular weight excluding hydrogens is 247 g/mol. The molecule has 4 nitrogen and oxygen atoms in total. The predicted octanol–water partition coefficient (Wildman–Crippen LogP) is 2.10. The van der Waals surface area contributed by atoms with E-state index in [1.165, 1.54) is 19.2 Å². The molecule has 0 radical (unpaired) electrons. The summed E-state index contributed by atoms with van der Waals surface area (Å²) in [5.74, 6) is -0.651. The number of hydrogen-bond acceptors (Lipinski definition) is 2. The number of halogens is 1. The van der Waals surface area contributed by atoms with Crippen LogP contribution < -0.4 is 10.1 Å². The third kappa shape index (κ3) is 2.93. The molecule has 0 fully saturated rings. The van der Waals surface area contributed by atoms with Crippen LogP contribution in [-0.4, -0.2) is 17.6 Å². The van der Waals surface area contributed by atoms with Crippen molar-refractivity contribution < 1.29 is 13.9 Å². The van der Waals surface area contributed by atoms with E-state index in [9.17, 15) is 9.18 Å². The molecule has 1 N–H and O–H groups in total. The highest BCUT2D eigenvalue weighted by molar-refractivity contribution is 5.94. The zero-order valence-electron chi connectivity index (χ0n) is 10.8. The van der Waals surface area contributed by atoms with E-state index in [1.54, 1.807) is 6.07 Å². The number of amides is 1. The van der Waals surface area contributed by atoms with Gasteiger partial charge in [-0.15, -0.1) is 0 Å². The highest BCUT2D eigenvalue weighted by Crippen LogP contribution is 2.16. The van der Waals surface area contributed by atoms with Crippen LogP contribution >= 0.6 is 0 Å². The number of rotatable bonds is 4. The number of nitrogens with zero attached hydrogens (tertiary/aromatic N) is 1. The predicted molar refractivity (Wildman–Crippen MR) is 69.5 cm³/mol. The molecule has 100 valence electrons. The summed E-state index contributed by atoms with van der Waals surface area (Å²) in [4.78, 5) is 11.9. The first-order valence-electron chi connectivity index (χ1n) is 5.83. The van der Waals surface area contributed by atoms with Gasteiger partial charge < -0.3 is 14.6 Å². The van der Waals surface area contributed by atoms with Gasteiger partial charge in [-0.25, -0.2) is 4.39 Å². The van der Waals surface area contributed by atoms with Gasteiger partial charge in [-0.3, -0.25) is 4.79 Å². The fourth-order valence-corrected chi connectivity index (χ4v) is 1.75. The summed E-state index contributed by atoms with van der Waals surface area (Å²) in [7, 11) is 3.33. The Bertz CT molecular complexity index is 593. The first-order valence-corrected chi connectivity index (χ1v) is 5.83. The van der Waals surface area contributed by atoms with Crippen molar-refractivity contribution in [2.24, 2.45) is 7.05 Å². The van der Waals surface area contributed by atoms with Gasteiger partial charge in [0.25, 0.3) is 5.91 Å². The van der Waals surface area contributed by atoms with E-state index in [4.69, 9.17) is 4.74 Å². The van der Waals surface area contributed by atoms with Gasteiger partial charge in [-0.05, 0) is 24.3 Å². The molecule has 1 aromatic carbocycles. The summed E-state index contributed by atoms with van der Waals surface area (Å²) in [6.45, 7) is 0.355. The topological polar surface area (TPSA) is 43.3 Å².